The van der Waals surface area contributed by atoms with Crippen LogP contribution in [0.15, 0.2) is 108 Å². The van der Waals surface area contributed by atoms with E-state index in [1.165, 1.54) is 27.4 Å². The van der Waals surface area contributed by atoms with Crippen LogP contribution < -0.4 is 5.19 Å². The number of aromatic nitrogens is 2. The Morgan fingerprint density at radius 1 is 0.745 bits per heavy atom. The quantitative estimate of drug-likeness (QED) is 0.123. The van der Waals surface area contributed by atoms with Gasteiger partial charge in [0.1, 0.15) is 5.58 Å². The van der Waals surface area contributed by atoms with Crippen molar-refractivity contribution < 1.29 is 24.5 Å². The van der Waals surface area contributed by atoms with Gasteiger partial charge < -0.3 is 14.4 Å². The van der Waals surface area contributed by atoms with Crippen LogP contribution in [0.1, 0.15) is 61.8 Å². The van der Waals surface area contributed by atoms with Crippen LogP contribution in [0.2, 0.25) is 19.6 Å². The molecule has 0 atom stereocenters. The average molecular weight is 862 g/mol. The Morgan fingerprint density at radius 3 is 2.10 bits per heavy atom. The topological polar surface area (TPSA) is 62.7 Å². The van der Waals surface area contributed by atoms with Gasteiger partial charge in [0.05, 0.1) is 13.7 Å². The van der Waals surface area contributed by atoms with E-state index < -0.39 is 8.07 Å². The number of furan rings is 1. The van der Waals surface area contributed by atoms with Crippen LogP contribution in [0.4, 0.5) is 0 Å². The fourth-order valence-corrected chi connectivity index (χ4v) is 8.10. The third-order valence-corrected chi connectivity index (χ3v) is 11.2. The van der Waals surface area contributed by atoms with E-state index in [4.69, 9.17) is 9.68 Å². The molecular weight excluding hydrogens is 819 g/mol. The number of hydrogen-bond acceptors (Lipinski definition) is 4. The van der Waals surface area contributed by atoms with E-state index >= 15 is 0 Å². The number of pyridine rings is 2. The molecule has 259 valence electrons. The van der Waals surface area contributed by atoms with E-state index in [1.807, 2.05) is 36.7 Å². The summed E-state index contributed by atoms with van der Waals surface area (Å²) >= 11 is 0. The van der Waals surface area contributed by atoms with Crippen LogP contribution in [0, 0.1) is 30.4 Å². The second-order valence-electron chi connectivity index (χ2n) is 14.5. The van der Waals surface area contributed by atoms with Crippen molar-refractivity contribution >= 4 is 35.2 Å². The molecule has 4 aromatic carbocycles. The molecule has 3 heterocycles. The fourth-order valence-electron chi connectivity index (χ4n) is 6.42. The zero-order valence-corrected chi connectivity index (χ0v) is 33.9. The molecule has 0 amide bonds. The Labute approximate surface area is 317 Å². The summed E-state index contributed by atoms with van der Waals surface area (Å²) in [5.41, 5.74) is 12.3. The van der Waals surface area contributed by atoms with E-state index in [1.54, 1.807) is 6.07 Å². The molecule has 0 aliphatic rings. The average Bonchev–Trinajstić information content (AvgIpc) is 3.50. The molecule has 0 fully saturated rings. The fraction of sp³-hybridized carbons (Fsp3) is 0.222. The summed E-state index contributed by atoms with van der Waals surface area (Å²) in [6.07, 6.45) is 4.00. The molecular formula is C45H43IrN3OSi-2. The minimum atomic E-state index is -1.40. The van der Waals surface area contributed by atoms with Crippen molar-refractivity contribution in [3.05, 3.63) is 138 Å². The minimum Gasteiger partial charge on any atom is -0.501 e. The molecule has 7 aromatic rings. The van der Waals surface area contributed by atoms with E-state index in [-0.39, 0.29) is 20.1 Å². The summed E-state index contributed by atoms with van der Waals surface area (Å²) in [5.74, 6) is 0.923. The van der Waals surface area contributed by atoms with Crippen LogP contribution in [0.25, 0.3) is 55.6 Å². The summed E-state index contributed by atoms with van der Waals surface area (Å²) in [5, 5.41) is 12.5. The number of nitriles is 1. The SMILES string of the molecule is CC(C)c1cc(-c2[c-]cc(C#N)cc2)ncc1[Si](C)(C)C.Cc1cnc(-c2[c-]ccc3c2oc2cc(-c4ccccc4)ccc23)cc1C(C)C.[Ir]. The van der Waals surface area contributed by atoms with Gasteiger partial charge in [-0.2, -0.15) is 0 Å². The van der Waals surface area contributed by atoms with Gasteiger partial charge >= 0.3 is 0 Å². The zero-order valence-electron chi connectivity index (χ0n) is 30.6. The van der Waals surface area contributed by atoms with Crippen LogP contribution in [0.3, 0.4) is 0 Å². The van der Waals surface area contributed by atoms with Gasteiger partial charge in [0.15, 0.2) is 0 Å². The molecule has 0 unspecified atom stereocenters. The van der Waals surface area contributed by atoms with Crippen LogP contribution >= 0.6 is 0 Å². The first-order chi connectivity index (χ1) is 23.9. The molecule has 4 nitrogen and oxygen atoms in total. The molecule has 0 bridgehead atoms. The summed E-state index contributed by atoms with van der Waals surface area (Å²) in [4.78, 5) is 9.32. The van der Waals surface area contributed by atoms with Crippen molar-refractivity contribution in [3.63, 3.8) is 0 Å². The number of rotatable bonds is 6. The molecule has 1 radical (unpaired) electrons. The third-order valence-electron chi connectivity index (χ3n) is 9.15. The summed E-state index contributed by atoms with van der Waals surface area (Å²) in [7, 11) is -1.40. The molecule has 6 heteroatoms. The first-order valence-electron chi connectivity index (χ1n) is 17.3. The van der Waals surface area contributed by atoms with Crippen LogP contribution in [-0.2, 0) is 20.1 Å². The predicted octanol–water partition coefficient (Wildman–Crippen LogP) is 11.6. The number of hydrogen-bond donors (Lipinski definition) is 0. The summed E-state index contributed by atoms with van der Waals surface area (Å²) in [6, 6.07) is 39.3. The van der Waals surface area contributed by atoms with E-state index in [2.05, 4.69) is 143 Å². The monoisotopic (exact) mass is 862 g/mol. The van der Waals surface area contributed by atoms with Crippen molar-refractivity contribution in [2.24, 2.45) is 0 Å². The van der Waals surface area contributed by atoms with Gasteiger partial charge in [-0.05, 0) is 69.2 Å². The largest absolute Gasteiger partial charge is 0.501 e. The molecule has 0 N–H and O–H groups in total. The zero-order chi connectivity index (χ0) is 35.6. The molecule has 0 saturated carbocycles. The molecule has 0 saturated heterocycles. The van der Waals surface area contributed by atoms with Crippen molar-refractivity contribution in [2.75, 3.05) is 0 Å². The van der Waals surface area contributed by atoms with Gasteiger partial charge in [-0.25, -0.2) is 5.26 Å². The molecule has 0 aliphatic heterocycles. The van der Waals surface area contributed by atoms with Gasteiger partial charge in [-0.3, -0.25) is 0 Å². The summed E-state index contributed by atoms with van der Waals surface area (Å²) in [6.45, 7) is 18.0. The van der Waals surface area contributed by atoms with Crippen molar-refractivity contribution in [2.45, 2.75) is 66.1 Å². The Balaban J connectivity index is 0.000000205. The Bertz CT molecular complexity index is 2330. The number of benzene rings is 4. The Kier molecular flexibility index (Phi) is 11.6. The number of fused-ring (bicyclic) bond motifs is 3. The van der Waals surface area contributed by atoms with Gasteiger partial charge in [0.25, 0.3) is 0 Å². The van der Waals surface area contributed by atoms with E-state index in [0.29, 0.717) is 17.4 Å². The van der Waals surface area contributed by atoms with Crippen LogP contribution in [-0.4, -0.2) is 18.0 Å². The van der Waals surface area contributed by atoms with Crippen molar-refractivity contribution in [3.8, 4) is 39.7 Å². The molecule has 3 aromatic heterocycles. The first kappa shape index (κ1) is 37.6. The second kappa shape index (κ2) is 15.7. The maximum absolute atomic E-state index is 8.86. The maximum atomic E-state index is 8.86. The molecule has 7 rings (SSSR count). The Morgan fingerprint density at radius 2 is 1.45 bits per heavy atom. The molecule has 0 aliphatic carbocycles. The van der Waals surface area contributed by atoms with Gasteiger partial charge in [-0.1, -0.05) is 118 Å². The third kappa shape index (κ3) is 8.13. The number of aryl methyl sites for hydroxylation is 1. The maximum Gasteiger partial charge on any atom is 0.121 e. The molecule has 0 spiro atoms. The van der Waals surface area contributed by atoms with Gasteiger partial charge in [0, 0.05) is 44.0 Å². The Hall–Kier alpha value is -4.66. The van der Waals surface area contributed by atoms with E-state index in [0.717, 1.165) is 50.0 Å². The smallest absolute Gasteiger partial charge is 0.121 e. The van der Waals surface area contributed by atoms with Crippen molar-refractivity contribution in [1.29, 1.82) is 5.26 Å². The van der Waals surface area contributed by atoms with Crippen LogP contribution in [0.5, 0.6) is 0 Å². The van der Waals surface area contributed by atoms with E-state index in [9.17, 15) is 0 Å². The number of nitrogens with zero attached hydrogens (tertiary/aromatic N) is 3. The standard InChI is InChI=1S/C27H22NO.C18H21N2Si.Ir/c1-17(2)24-15-25(28-16-18(24)3)23-11-7-10-22-21-13-12-20(14-26(21)29-27(22)23)19-8-5-4-6-9-19;1-13(2)16-10-17(20-12-18(16)21(3,4)5)15-8-6-14(11-19)7-9-15;/h4-10,12-17H,1-3H3;6-8,10,12-13H,1-5H3;/q2*-1;. The van der Waals surface area contributed by atoms with Gasteiger partial charge in [-0.15, -0.1) is 48.0 Å². The van der Waals surface area contributed by atoms with Crippen molar-refractivity contribution in [1.82, 2.24) is 9.97 Å². The predicted molar refractivity (Wildman–Crippen MR) is 210 cm³/mol. The van der Waals surface area contributed by atoms with Gasteiger partial charge in [0.2, 0.25) is 0 Å². The summed E-state index contributed by atoms with van der Waals surface area (Å²) < 4.78 is 6.36. The first-order valence-corrected chi connectivity index (χ1v) is 20.8. The second-order valence-corrected chi connectivity index (χ2v) is 19.6. The molecule has 51 heavy (non-hydrogen) atoms. The normalized spacial score (nSPS) is 11.3. The minimum absolute atomic E-state index is 0.